The normalized spacial score (nSPS) is 14.4. The molecule has 11 heteroatoms. The fraction of sp³-hybridized carbons (Fsp3) is 0.316. The van der Waals surface area contributed by atoms with Crippen molar-refractivity contribution in [3.05, 3.63) is 51.9 Å². The fourth-order valence-electron chi connectivity index (χ4n) is 3.19. The molecular formula is C19H19Cl3N4O2S2. The monoisotopic (exact) mass is 504 g/mol. The summed E-state index contributed by atoms with van der Waals surface area (Å²) in [5, 5.41) is 9.02. The van der Waals surface area contributed by atoms with Gasteiger partial charge in [-0.2, -0.15) is 0 Å². The van der Waals surface area contributed by atoms with Crippen LogP contribution in [0.2, 0.25) is 0 Å². The van der Waals surface area contributed by atoms with E-state index in [0.29, 0.717) is 16.1 Å². The molecule has 1 atom stereocenters. The Morgan fingerprint density at radius 3 is 2.40 bits per heavy atom. The van der Waals surface area contributed by atoms with Gasteiger partial charge in [-0.1, -0.05) is 53.0 Å². The van der Waals surface area contributed by atoms with E-state index in [2.05, 4.69) is 16.0 Å². The lowest BCUT2D eigenvalue weighted by Crippen LogP contribution is -2.56. The van der Waals surface area contributed by atoms with E-state index in [9.17, 15) is 9.59 Å². The zero-order valence-corrected chi connectivity index (χ0v) is 19.5. The van der Waals surface area contributed by atoms with Crippen molar-refractivity contribution in [2.24, 2.45) is 5.73 Å². The maximum atomic E-state index is 12.5. The SMILES string of the molecule is NC(=O)c1c(NC(=S)N[C@H](NC(=O)c2ccccc2)C(Cl)(Cl)Cl)sc2c1CCCC2. The fourth-order valence-corrected chi connectivity index (χ4v) is 5.10. The highest BCUT2D eigenvalue weighted by Gasteiger charge is 2.35. The van der Waals surface area contributed by atoms with Gasteiger partial charge in [-0.15, -0.1) is 11.3 Å². The summed E-state index contributed by atoms with van der Waals surface area (Å²) in [5.74, 6) is -0.957. The second-order valence-electron chi connectivity index (χ2n) is 6.69. The lowest BCUT2D eigenvalue weighted by molar-refractivity contribution is 0.0933. The number of fused-ring (bicyclic) bond motifs is 1. The number of anilines is 1. The molecule has 30 heavy (non-hydrogen) atoms. The molecule has 5 N–H and O–H groups in total. The van der Waals surface area contributed by atoms with Crippen LogP contribution in [-0.4, -0.2) is 26.9 Å². The molecule has 0 unspecified atom stereocenters. The summed E-state index contributed by atoms with van der Waals surface area (Å²) in [4.78, 5) is 25.6. The van der Waals surface area contributed by atoms with Crippen LogP contribution >= 0.6 is 58.4 Å². The van der Waals surface area contributed by atoms with Crippen LogP contribution in [0.4, 0.5) is 5.00 Å². The third kappa shape index (κ3) is 5.56. The molecule has 0 fully saturated rings. The first-order chi connectivity index (χ1) is 14.2. The van der Waals surface area contributed by atoms with Gasteiger partial charge in [-0.25, -0.2) is 0 Å². The highest BCUT2D eigenvalue weighted by molar-refractivity contribution is 7.80. The predicted molar refractivity (Wildman–Crippen MR) is 127 cm³/mol. The van der Waals surface area contributed by atoms with Crippen molar-refractivity contribution in [2.45, 2.75) is 35.6 Å². The number of halogens is 3. The standard InChI is InChI=1S/C19H19Cl3N4O2S2/c20-19(21,22)17(24-15(28)10-6-2-1-3-7-10)26-18(29)25-16-13(14(23)27)11-8-4-5-9-12(11)30-16/h1-3,6-7,17H,4-5,8-9H2,(H2,23,27)(H,24,28)(H2,25,26,29)/t17-/m0/s1. The van der Waals surface area contributed by atoms with Crippen molar-refractivity contribution in [2.75, 3.05) is 5.32 Å². The van der Waals surface area contributed by atoms with Gasteiger partial charge in [0.05, 0.1) is 5.56 Å². The lowest BCUT2D eigenvalue weighted by atomic mass is 9.95. The molecule has 1 aromatic heterocycles. The van der Waals surface area contributed by atoms with E-state index in [1.165, 1.54) is 11.3 Å². The predicted octanol–water partition coefficient (Wildman–Crippen LogP) is 4.14. The van der Waals surface area contributed by atoms with Gasteiger partial charge in [0.25, 0.3) is 11.8 Å². The van der Waals surface area contributed by atoms with Gasteiger partial charge in [0.1, 0.15) is 11.2 Å². The number of carbonyl (C=O) groups is 2. The number of amides is 2. The number of benzene rings is 1. The van der Waals surface area contributed by atoms with E-state index in [0.717, 1.165) is 36.1 Å². The number of alkyl halides is 3. The molecule has 0 radical (unpaired) electrons. The molecular weight excluding hydrogens is 487 g/mol. The number of hydrogen-bond acceptors (Lipinski definition) is 4. The van der Waals surface area contributed by atoms with Crippen molar-refractivity contribution in [1.29, 1.82) is 0 Å². The topological polar surface area (TPSA) is 96.2 Å². The van der Waals surface area contributed by atoms with Gasteiger partial charge in [0.15, 0.2) is 5.11 Å². The zero-order valence-electron chi connectivity index (χ0n) is 15.6. The molecule has 0 spiro atoms. The Morgan fingerprint density at radius 1 is 1.10 bits per heavy atom. The first-order valence-electron chi connectivity index (χ1n) is 9.11. The second-order valence-corrected chi connectivity index (χ2v) is 10.6. The van der Waals surface area contributed by atoms with Crippen LogP contribution in [0.3, 0.4) is 0 Å². The molecule has 1 heterocycles. The van der Waals surface area contributed by atoms with Crippen LogP contribution < -0.4 is 21.7 Å². The van der Waals surface area contributed by atoms with Crippen molar-refractivity contribution < 1.29 is 9.59 Å². The molecule has 1 aromatic carbocycles. The molecule has 1 aliphatic carbocycles. The van der Waals surface area contributed by atoms with E-state index in [1.54, 1.807) is 30.3 Å². The van der Waals surface area contributed by atoms with Crippen molar-refractivity contribution >= 4 is 80.3 Å². The van der Waals surface area contributed by atoms with Crippen LogP contribution in [0, 0.1) is 0 Å². The minimum atomic E-state index is -1.89. The van der Waals surface area contributed by atoms with E-state index >= 15 is 0 Å². The maximum Gasteiger partial charge on any atom is 0.252 e. The Morgan fingerprint density at radius 2 is 1.77 bits per heavy atom. The van der Waals surface area contributed by atoms with E-state index in [-0.39, 0.29) is 5.11 Å². The minimum absolute atomic E-state index is 0.0841. The van der Waals surface area contributed by atoms with Gasteiger partial charge in [0, 0.05) is 10.4 Å². The average Bonchev–Trinajstić information content (AvgIpc) is 3.05. The summed E-state index contributed by atoms with van der Waals surface area (Å²) in [7, 11) is 0. The third-order valence-corrected chi connectivity index (χ3v) is 6.64. The summed E-state index contributed by atoms with van der Waals surface area (Å²) < 4.78 is -1.89. The number of nitrogens with two attached hydrogens (primary N) is 1. The Balaban J connectivity index is 1.75. The molecule has 2 aromatic rings. The largest absolute Gasteiger partial charge is 0.365 e. The molecule has 3 rings (SSSR count). The van der Waals surface area contributed by atoms with Crippen LogP contribution in [0.5, 0.6) is 0 Å². The number of aryl methyl sites for hydroxylation is 1. The van der Waals surface area contributed by atoms with E-state index in [4.69, 9.17) is 52.8 Å². The Bertz CT molecular complexity index is 961. The van der Waals surface area contributed by atoms with E-state index in [1.807, 2.05) is 0 Å². The highest BCUT2D eigenvalue weighted by Crippen LogP contribution is 2.38. The number of carbonyl (C=O) groups excluding carboxylic acids is 2. The summed E-state index contributed by atoms with van der Waals surface area (Å²) in [6.07, 6.45) is 2.64. The molecule has 160 valence electrons. The van der Waals surface area contributed by atoms with E-state index < -0.39 is 21.8 Å². The van der Waals surface area contributed by atoms with Crippen molar-refractivity contribution in [3.8, 4) is 0 Å². The number of rotatable bonds is 5. The Kier molecular flexibility index (Phi) is 7.47. The lowest BCUT2D eigenvalue weighted by Gasteiger charge is -2.27. The molecule has 0 aliphatic heterocycles. The molecule has 6 nitrogen and oxygen atoms in total. The smallest absolute Gasteiger partial charge is 0.252 e. The summed E-state index contributed by atoms with van der Waals surface area (Å²) in [5.41, 5.74) is 7.42. The van der Waals surface area contributed by atoms with Crippen LogP contribution in [-0.2, 0) is 12.8 Å². The van der Waals surface area contributed by atoms with Gasteiger partial charge in [-0.05, 0) is 55.6 Å². The number of thiocarbonyl (C=S) groups is 1. The van der Waals surface area contributed by atoms with Crippen LogP contribution in [0.1, 0.15) is 44.0 Å². The number of nitrogens with one attached hydrogen (secondary N) is 3. The summed E-state index contributed by atoms with van der Waals surface area (Å²) >= 11 is 24.9. The van der Waals surface area contributed by atoms with Crippen LogP contribution in [0.15, 0.2) is 30.3 Å². The Labute approximate surface area is 198 Å². The number of primary amides is 1. The summed E-state index contributed by atoms with van der Waals surface area (Å²) in [6.45, 7) is 0. The van der Waals surface area contributed by atoms with Crippen LogP contribution in [0.25, 0.3) is 0 Å². The van der Waals surface area contributed by atoms with Gasteiger partial charge in [0.2, 0.25) is 3.79 Å². The van der Waals surface area contributed by atoms with Gasteiger partial charge in [-0.3, -0.25) is 9.59 Å². The zero-order chi connectivity index (χ0) is 21.9. The first kappa shape index (κ1) is 23.1. The molecule has 0 saturated heterocycles. The maximum absolute atomic E-state index is 12.5. The van der Waals surface area contributed by atoms with Crippen molar-refractivity contribution in [1.82, 2.24) is 10.6 Å². The quantitative estimate of drug-likeness (QED) is 0.278. The highest BCUT2D eigenvalue weighted by atomic mass is 35.6. The first-order valence-corrected chi connectivity index (χ1v) is 11.5. The minimum Gasteiger partial charge on any atom is -0.365 e. The average molecular weight is 506 g/mol. The number of thiophene rings is 1. The third-order valence-electron chi connectivity index (χ3n) is 4.56. The molecule has 0 bridgehead atoms. The molecule has 2 amide bonds. The second kappa shape index (κ2) is 9.70. The van der Waals surface area contributed by atoms with Gasteiger partial charge < -0.3 is 21.7 Å². The Hall–Kier alpha value is -1.58. The molecule has 0 saturated carbocycles. The van der Waals surface area contributed by atoms with Crippen molar-refractivity contribution in [3.63, 3.8) is 0 Å². The summed E-state index contributed by atoms with van der Waals surface area (Å²) in [6, 6.07) is 8.51. The number of hydrogen-bond donors (Lipinski definition) is 4. The van der Waals surface area contributed by atoms with Gasteiger partial charge >= 0.3 is 0 Å². The molecule has 1 aliphatic rings.